The van der Waals surface area contributed by atoms with E-state index in [-0.39, 0.29) is 30.3 Å². The van der Waals surface area contributed by atoms with Gasteiger partial charge in [-0.2, -0.15) is 0 Å². The lowest BCUT2D eigenvalue weighted by Gasteiger charge is -2.23. The summed E-state index contributed by atoms with van der Waals surface area (Å²) in [5, 5.41) is 5.44. The van der Waals surface area contributed by atoms with Crippen LogP contribution < -0.4 is 15.4 Å². The minimum atomic E-state index is -0.774. The first-order valence-corrected chi connectivity index (χ1v) is 7.99. The fraction of sp³-hybridized carbons (Fsp3) is 0.316. The topological polar surface area (TPSA) is 50.4 Å². The number of amides is 2. The van der Waals surface area contributed by atoms with Gasteiger partial charge in [0.1, 0.15) is 12.4 Å². The summed E-state index contributed by atoms with van der Waals surface area (Å²) in [6.45, 7) is 6.45. The van der Waals surface area contributed by atoms with Gasteiger partial charge in [-0.05, 0) is 29.2 Å². The van der Waals surface area contributed by atoms with Crippen molar-refractivity contribution in [3.05, 3.63) is 59.7 Å². The zero-order valence-corrected chi connectivity index (χ0v) is 14.5. The smallest absolute Gasteiger partial charge is 0.319 e. The van der Waals surface area contributed by atoms with E-state index in [9.17, 15) is 13.6 Å². The summed E-state index contributed by atoms with van der Waals surface area (Å²) in [5.41, 5.74) is 1.65. The number of urea groups is 1. The van der Waals surface area contributed by atoms with E-state index in [2.05, 4.69) is 31.4 Å². The van der Waals surface area contributed by atoms with Crippen LogP contribution in [-0.2, 0) is 5.41 Å². The van der Waals surface area contributed by atoms with Crippen molar-refractivity contribution in [1.82, 2.24) is 5.32 Å². The van der Waals surface area contributed by atoms with E-state index in [4.69, 9.17) is 4.74 Å². The molecule has 0 aliphatic heterocycles. The molecule has 0 aliphatic rings. The van der Waals surface area contributed by atoms with Gasteiger partial charge in [0.15, 0.2) is 11.6 Å². The minimum Gasteiger partial charge on any atom is -0.489 e. The SMILES string of the molecule is CC(C)(C)c1ccccc1NC(=O)NCCOc1ccc(F)cc1F. The predicted molar refractivity (Wildman–Crippen MR) is 94.0 cm³/mol. The number of benzene rings is 2. The number of ether oxygens (including phenoxy) is 1. The number of carbonyl (C=O) groups is 1. The van der Waals surface area contributed by atoms with Crippen molar-refractivity contribution in [2.24, 2.45) is 0 Å². The Morgan fingerprint density at radius 1 is 1.12 bits per heavy atom. The van der Waals surface area contributed by atoms with Crippen LogP contribution >= 0.6 is 0 Å². The second-order valence-corrected chi connectivity index (χ2v) is 6.60. The van der Waals surface area contributed by atoms with Gasteiger partial charge in [0.05, 0.1) is 6.54 Å². The standard InChI is InChI=1S/C19H22F2N2O2/c1-19(2,3)14-6-4-5-7-16(14)23-18(24)22-10-11-25-17-9-8-13(20)12-15(17)21/h4-9,12H,10-11H2,1-3H3,(H2,22,23,24). The van der Waals surface area contributed by atoms with E-state index in [1.54, 1.807) is 0 Å². The first-order valence-electron chi connectivity index (χ1n) is 7.99. The third-order valence-electron chi connectivity index (χ3n) is 3.52. The van der Waals surface area contributed by atoms with Gasteiger partial charge in [0.2, 0.25) is 0 Å². The van der Waals surface area contributed by atoms with Crippen LogP contribution in [-0.4, -0.2) is 19.2 Å². The zero-order valence-electron chi connectivity index (χ0n) is 14.5. The first-order chi connectivity index (χ1) is 11.8. The van der Waals surface area contributed by atoms with Crippen molar-refractivity contribution in [3.63, 3.8) is 0 Å². The van der Waals surface area contributed by atoms with E-state index in [0.717, 1.165) is 23.4 Å². The molecule has 0 atom stereocenters. The Kier molecular flexibility index (Phi) is 5.96. The maximum absolute atomic E-state index is 13.4. The third-order valence-corrected chi connectivity index (χ3v) is 3.52. The molecule has 2 rings (SSSR count). The maximum Gasteiger partial charge on any atom is 0.319 e. The summed E-state index contributed by atoms with van der Waals surface area (Å²) in [7, 11) is 0. The van der Waals surface area contributed by atoms with Gasteiger partial charge in [-0.25, -0.2) is 13.6 Å². The van der Waals surface area contributed by atoms with Gasteiger partial charge in [-0.3, -0.25) is 0 Å². The lowest BCUT2D eigenvalue weighted by Crippen LogP contribution is -2.33. The molecular weight excluding hydrogens is 326 g/mol. The number of anilines is 1. The van der Waals surface area contributed by atoms with Gasteiger partial charge < -0.3 is 15.4 Å². The lowest BCUT2D eigenvalue weighted by molar-refractivity contribution is 0.246. The zero-order chi connectivity index (χ0) is 18.4. The van der Waals surface area contributed by atoms with Crippen LogP contribution in [0, 0.1) is 11.6 Å². The minimum absolute atomic E-state index is 0.0540. The Morgan fingerprint density at radius 2 is 1.84 bits per heavy atom. The Morgan fingerprint density at radius 3 is 2.52 bits per heavy atom. The van der Waals surface area contributed by atoms with Crippen molar-refractivity contribution < 1.29 is 18.3 Å². The summed E-state index contributed by atoms with van der Waals surface area (Å²) >= 11 is 0. The highest BCUT2D eigenvalue weighted by molar-refractivity contribution is 5.90. The maximum atomic E-state index is 13.4. The van der Waals surface area contributed by atoms with Crippen molar-refractivity contribution in [1.29, 1.82) is 0 Å². The molecule has 25 heavy (non-hydrogen) atoms. The third kappa shape index (κ3) is 5.45. The number of rotatable bonds is 5. The molecule has 4 nitrogen and oxygen atoms in total. The van der Waals surface area contributed by atoms with Crippen molar-refractivity contribution in [2.75, 3.05) is 18.5 Å². The predicted octanol–water partition coefficient (Wildman–Crippen LogP) is 4.46. The second kappa shape index (κ2) is 7.96. The molecule has 0 aromatic heterocycles. The van der Waals surface area contributed by atoms with Crippen LogP contribution in [0.1, 0.15) is 26.3 Å². The average Bonchev–Trinajstić information content (AvgIpc) is 2.52. The van der Waals surface area contributed by atoms with Crippen LogP contribution in [0.4, 0.5) is 19.3 Å². The first kappa shape index (κ1) is 18.7. The highest BCUT2D eigenvalue weighted by atomic mass is 19.1. The molecule has 6 heteroatoms. The summed E-state index contributed by atoms with van der Waals surface area (Å²) in [6, 6.07) is 10.3. The second-order valence-electron chi connectivity index (χ2n) is 6.60. The van der Waals surface area contributed by atoms with Gasteiger partial charge in [0.25, 0.3) is 0 Å². The summed E-state index contributed by atoms with van der Waals surface area (Å²) in [6.07, 6.45) is 0. The van der Waals surface area contributed by atoms with Crippen molar-refractivity contribution in [2.45, 2.75) is 26.2 Å². The number of carbonyl (C=O) groups excluding carboxylic acids is 1. The highest BCUT2D eigenvalue weighted by Gasteiger charge is 2.18. The van der Waals surface area contributed by atoms with E-state index >= 15 is 0 Å². The number of hydrogen-bond donors (Lipinski definition) is 2. The van der Waals surface area contributed by atoms with Crippen LogP contribution in [0.3, 0.4) is 0 Å². The average molecular weight is 348 g/mol. The molecule has 134 valence electrons. The molecule has 0 heterocycles. The molecule has 0 spiro atoms. The summed E-state index contributed by atoms with van der Waals surface area (Å²) in [4.78, 5) is 12.0. The monoisotopic (exact) mass is 348 g/mol. The molecule has 2 N–H and O–H groups in total. The number of para-hydroxylation sites is 1. The molecular formula is C19H22F2N2O2. The van der Waals surface area contributed by atoms with Gasteiger partial charge in [-0.15, -0.1) is 0 Å². The van der Waals surface area contributed by atoms with E-state index in [0.29, 0.717) is 0 Å². The van der Waals surface area contributed by atoms with Gasteiger partial charge >= 0.3 is 6.03 Å². The molecule has 2 aromatic carbocycles. The molecule has 2 amide bonds. The fourth-order valence-electron chi connectivity index (χ4n) is 2.33. The van der Waals surface area contributed by atoms with Crippen molar-refractivity contribution in [3.8, 4) is 5.75 Å². The van der Waals surface area contributed by atoms with E-state index in [1.165, 1.54) is 6.07 Å². The molecule has 0 saturated heterocycles. The molecule has 0 fully saturated rings. The Balaban J connectivity index is 1.84. The highest BCUT2D eigenvalue weighted by Crippen LogP contribution is 2.29. The fourth-order valence-corrected chi connectivity index (χ4v) is 2.33. The van der Waals surface area contributed by atoms with Crippen molar-refractivity contribution >= 4 is 11.7 Å². The largest absolute Gasteiger partial charge is 0.489 e. The molecule has 0 bridgehead atoms. The molecule has 0 saturated carbocycles. The Labute approximate surface area is 146 Å². The molecule has 2 aromatic rings. The summed E-state index contributed by atoms with van der Waals surface area (Å²) in [5.74, 6) is -1.50. The van der Waals surface area contributed by atoms with Crippen LogP contribution in [0.15, 0.2) is 42.5 Å². The van der Waals surface area contributed by atoms with Crippen LogP contribution in [0.2, 0.25) is 0 Å². The van der Waals surface area contributed by atoms with Crippen LogP contribution in [0.25, 0.3) is 0 Å². The van der Waals surface area contributed by atoms with E-state index < -0.39 is 11.6 Å². The summed E-state index contributed by atoms with van der Waals surface area (Å²) < 4.78 is 31.4. The quantitative estimate of drug-likeness (QED) is 0.784. The van der Waals surface area contributed by atoms with Gasteiger partial charge in [-0.1, -0.05) is 39.0 Å². The molecule has 0 unspecified atom stereocenters. The van der Waals surface area contributed by atoms with Gasteiger partial charge in [0, 0.05) is 11.8 Å². The Hall–Kier alpha value is -2.63. The number of halogens is 2. The molecule has 0 radical (unpaired) electrons. The molecule has 0 aliphatic carbocycles. The number of hydrogen-bond acceptors (Lipinski definition) is 2. The lowest BCUT2D eigenvalue weighted by atomic mass is 9.86. The Bertz CT molecular complexity index is 742. The van der Waals surface area contributed by atoms with E-state index in [1.807, 2.05) is 24.3 Å². The normalized spacial score (nSPS) is 11.1. The van der Waals surface area contributed by atoms with Crippen LogP contribution in [0.5, 0.6) is 5.75 Å². The number of nitrogens with one attached hydrogen (secondary N) is 2.